The fraction of sp³-hybridized carbons (Fsp3) is 0.857. The summed E-state index contributed by atoms with van der Waals surface area (Å²) >= 11 is 0. The minimum atomic E-state index is -0.452. The van der Waals surface area contributed by atoms with Crippen molar-refractivity contribution in [3.8, 4) is 0 Å². The molecule has 0 N–H and O–H groups in total. The topological polar surface area (TPSA) is 20.3 Å². The van der Waals surface area contributed by atoms with Gasteiger partial charge in [0, 0.05) is 20.0 Å². The molecule has 0 aliphatic carbocycles. The van der Waals surface area contributed by atoms with E-state index in [1.807, 2.05) is 6.92 Å². The lowest BCUT2D eigenvalue weighted by Gasteiger charge is -2.13. The number of rotatable bonds is 4. The number of nitrogens with zero attached hydrogens (tertiary/aromatic N) is 1. The molecule has 0 radical (unpaired) electrons. The number of hydrogen-bond donors (Lipinski definition) is 0. The SMILES string of the molecule is CCCC(=O)N(C)CCF. The molecule has 1 amide bonds. The highest BCUT2D eigenvalue weighted by molar-refractivity contribution is 5.75. The van der Waals surface area contributed by atoms with Gasteiger partial charge in [-0.15, -0.1) is 0 Å². The standard InChI is InChI=1S/C7H14FNO/c1-3-4-7(10)9(2)6-5-8/h3-6H2,1-2H3. The predicted octanol–water partition coefficient (Wildman–Crippen LogP) is 1.21. The lowest BCUT2D eigenvalue weighted by molar-refractivity contribution is -0.130. The summed E-state index contributed by atoms with van der Waals surface area (Å²) in [6.45, 7) is 1.70. The summed E-state index contributed by atoms with van der Waals surface area (Å²) in [6.07, 6.45) is 1.35. The minimum Gasteiger partial charge on any atom is -0.343 e. The third kappa shape index (κ3) is 3.43. The van der Waals surface area contributed by atoms with E-state index in [4.69, 9.17) is 0 Å². The van der Waals surface area contributed by atoms with Crippen LogP contribution in [0.25, 0.3) is 0 Å². The third-order valence-corrected chi connectivity index (χ3v) is 1.31. The van der Waals surface area contributed by atoms with Gasteiger partial charge in [0.25, 0.3) is 0 Å². The van der Waals surface area contributed by atoms with Crippen molar-refractivity contribution in [3.63, 3.8) is 0 Å². The van der Waals surface area contributed by atoms with Gasteiger partial charge in [0.1, 0.15) is 6.67 Å². The lowest BCUT2D eigenvalue weighted by atomic mass is 10.3. The zero-order chi connectivity index (χ0) is 7.98. The number of carbonyl (C=O) groups is 1. The Morgan fingerprint density at radius 1 is 1.60 bits per heavy atom. The molecule has 0 unspecified atom stereocenters. The van der Waals surface area contributed by atoms with Gasteiger partial charge < -0.3 is 4.90 Å². The highest BCUT2D eigenvalue weighted by Gasteiger charge is 2.04. The van der Waals surface area contributed by atoms with Crippen LogP contribution in [0.15, 0.2) is 0 Å². The molecule has 0 saturated carbocycles. The molecule has 0 aromatic heterocycles. The van der Waals surface area contributed by atoms with E-state index in [0.717, 1.165) is 6.42 Å². The fourth-order valence-corrected chi connectivity index (χ4v) is 0.656. The highest BCUT2D eigenvalue weighted by Crippen LogP contribution is 1.93. The van der Waals surface area contributed by atoms with Crippen LogP contribution in [0.4, 0.5) is 4.39 Å². The van der Waals surface area contributed by atoms with Crippen molar-refractivity contribution in [2.45, 2.75) is 19.8 Å². The van der Waals surface area contributed by atoms with Crippen molar-refractivity contribution in [1.82, 2.24) is 4.90 Å². The summed E-state index contributed by atoms with van der Waals surface area (Å²) in [5.41, 5.74) is 0. The van der Waals surface area contributed by atoms with Gasteiger partial charge >= 0.3 is 0 Å². The zero-order valence-corrected chi connectivity index (χ0v) is 6.56. The normalized spacial score (nSPS) is 9.50. The van der Waals surface area contributed by atoms with E-state index in [2.05, 4.69) is 0 Å². The van der Waals surface area contributed by atoms with Crippen LogP contribution in [0.3, 0.4) is 0 Å². The van der Waals surface area contributed by atoms with Gasteiger partial charge in [-0.25, -0.2) is 4.39 Å². The number of hydrogen-bond acceptors (Lipinski definition) is 1. The maximum Gasteiger partial charge on any atom is 0.222 e. The number of alkyl halides is 1. The Balaban J connectivity index is 3.49. The molecule has 0 fully saturated rings. The molecule has 60 valence electrons. The van der Waals surface area contributed by atoms with Crippen LogP contribution < -0.4 is 0 Å². The molecule has 0 bridgehead atoms. The van der Waals surface area contributed by atoms with Gasteiger partial charge in [-0.2, -0.15) is 0 Å². The van der Waals surface area contributed by atoms with Gasteiger partial charge in [-0.05, 0) is 6.42 Å². The van der Waals surface area contributed by atoms with Crippen molar-refractivity contribution in [2.75, 3.05) is 20.3 Å². The maximum absolute atomic E-state index is 11.7. The molecule has 10 heavy (non-hydrogen) atoms. The summed E-state index contributed by atoms with van der Waals surface area (Å²) in [4.78, 5) is 12.3. The average Bonchev–Trinajstić information content (AvgIpc) is 1.89. The predicted molar refractivity (Wildman–Crippen MR) is 38.5 cm³/mol. The van der Waals surface area contributed by atoms with Crippen molar-refractivity contribution < 1.29 is 9.18 Å². The van der Waals surface area contributed by atoms with Gasteiger partial charge in [0.2, 0.25) is 5.91 Å². The van der Waals surface area contributed by atoms with Gasteiger partial charge in [0.15, 0.2) is 0 Å². The van der Waals surface area contributed by atoms with E-state index in [0.29, 0.717) is 6.42 Å². The molecule has 0 saturated heterocycles. The van der Waals surface area contributed by atoms with Crippen LogP contribution in [0.2, 0.25) is 0 Å². The average molecular weight is 147 g/mol. The lowest BCUT2D eigenvalue weighted by Crippen LogP contribution is -2.28. The van der Waals surface area contributed by atoms with Crippen molar-refractivity contribution in [2.24, 2.45) is 0 Å². The molecule has 2 nitrogen and oxygen atoms in total. The molecule has 0 aromatic carbocycles. The Labute approximate surface area is 61.0 Å². The first-order valence-corrected chi connectivity index (χ1v) is 3.52. The summed E-state index contributed by atoms with van der Waals surface area (Å²) in [5, 5.41) is 0. The van der Waals surface area contributed by atoms with E-state index in [1.165, 1.54) is 4.90 Å². The number of carbonyl (C=O) groups excluding carboxylic acids is 1. The summed E-state index contributed by atoms with van der Waals surface area (Å²) in [7, 11) is 1.62. The van der Waals surface area contributed by atoms with Crippen LogP contribution in [-0.4, -0.2) is 31.1 Å². The Morgan fingerprint density at radius 2 is 2.20 bits per heavy atom. The van der Waals surface area contributed by atoms with E-state index in [-0.39, 0.29) is 12.5 Å². The van der Waals surface area contributed by atoms with Crippen LogP contribution in [0.1, 0.15) is 19.8 Å². The molecular formula is C7H14FNO. The Morgan fingerprint density at radius 3 is 2.60 bits per heavy atom. The quantitative estimate of drug-likeness (QED) is 0.585. The Bertz CT molecular complexity index is 106. The molecule has 0 spiro atoms. The van der Waals surface area contributed by atoms with Gasteiger partial charge in [0.05, 0.1) is 0 Å². The number of amides is 1. The first kappa shape index (κ1) is 9.40. The highest BCUT2D eigenvalue weighted by atomic mass is 19.1. The fourth-order valence-electron chi connectivity index (χ4n) is 0.656. The van der Waals surface area contributed by atoms with Crippen molar-refractivity contribution in [3.05, 3.63) is 0 Å². The van der Waals surface area contributed by atoms with Gasteiger partial charge in [-0.3, -0.25) is 4.79 Å². The summed E-state index contributed by atoms with van der Waals surface area (Å²) in [6, 6.07) is 0. The smallest absolute Gasteiger partial charge is 0.222 e. The minimum absolute atomic E-state index is 0.0279. The van der Waals surface area contributed by atoms with E-state index in [9.17, 15) is 9.18 Å². The van der Waals surface area contributed by atoms with E-state index >= 15 is 0 Å². The Kier molecular flexibility index (Phi) is 4.89. The number of halogens is 1. The maximum atomic E-state index is 11.7. The molecular weight excluding hydrogens is 133 g/mol. The second kappa shape index (κ2) is 5.21. The summed E-state index contributed by atoms with van der Waals surface area (Å²) in [5.74, 6) is 0.0279. The zero-order valence-electron chi connectivity index (χ0n) is 6.56. The monoisotopic (exact) mass is 147 g/mol. The van der Waals surface area contributed by atoms with Crippen LogP contribution in [0, 0.1) is 0 Å². The van der Waals surface area contributed by atoms with E-state index < -0.39 is 6.67 Å². The molecule has 0 aliphatic heterocycles. The largest absolute Gasteiger partial charge is 0.343 e. The van der Waals surface area contributed by atoms with E-state index in [1.54, 1.807) is 7.05 Å². The van der Waals surface area contributed by atoms with Gasteiger partial charge in [-0.1, -0.05) is 6.92 Å². The molecule has 0 atom stereocenters. The Hall–Kier alpha value is -0.600. The molecule has 0 aromatic rings. The van der Waals surface area contributed by atoms with Crippen molar-refractivity contribution >= 4 is 5.91 Å². The molecule has 0 aliphatic rings. The van der Waals surface area contributed by atoms with Crippen LogP contribution >= 0.6 is 0 Å². The van der Waals surface area contributed by atoms with Crippen LogP contribution in [0.5, 0.6) is 0 Å². The molecule has 0 heterocycles. The second-order valence-corrected chi connectivity index (χ2v) is 2.25. The second-order valence-electron chi connectivity index (χ2n) is 2.25. The molecule has 3 heteroatoms. The third-order valence-electron chi connectivity index (χ3n) is 1.31. The first-order valence-electron chi connectivity index (χ1n) is 3.52. The van der Waals surface area contributed by atoms with Crippen LogP contribution in [-0.2, 0) is 4.79 Å². The summed E-state index contributed by atoms with van der Waals surface area (Å²) < 4.78 is 11.7. The van der Waals surface area contributed by atoms with Crippen molar-refractivity contribution in [1.29, 1.82) is 0 Å². The molecule has 0 rings (SSSR count). The first-order chi connectivity index (χ1) is 4.72.